The average molecular weight is 432 g/mol. The standard InChI is InChI=1S/C20H24F3N3O2.ClH/c21-20(22,23)15-4-3-5-16(12-15)25-10-8-24(9-11-25)14-26-17(27)13-19(18(26)28)6-1-2-7-19;/h3-5,12H,1-2,6-11,13-14H2;1H. The van der Waals surface area contributed by atoms with Crippen molar-refractivity contribution < 1.29 is 22.8 Å². The fourth-order valence-electron chi connectivity index (χ4n) is 4.67. The van der Waals surface area contributed by atoms with Crippen LogP contribution in [0.2, 0.25) is 0 Å². The quantitative estimate of drug-likeness (QED) is 0.687. The number of nitrogens with zero attached hydrogens (tertiary/aromatic N) is 3. The Hall–Kier alpha value is -1.80. The highest BCUT2D eigenvalue weighted by Crippen LogP contribution is 2.46. The normalized spacial score (nSPS) is 22.4. The first kappa shape index (κ1) is 21.9. The Balaban J connectivity index is 0.00000240. The van der Waals surface area contributed by atoms with Crippen LogP contribution in [-0.4, -0.2) is 54.5 Å². The van der Waals surface area contributed by atoms with E-state index in [0.717, 1.165) is 31.7 Å². The molecule has 2 heterocycles. The molecule has 1 aliphatic carbocycles. The Kier molecular flexibility index (Phi) is 6.15. The van der Waals surface area contributed by atoms with Gasteiger partial charge in [0.15, 0.2) is 0 Å². The fourth-order valence-corrected chi connectivity index (χ4v) is 4.67. The Morgan fingerprint density at radius 2 is 1.66 bits per heavy atom. The first-order chi connectivity index (χ1) is 13.3. The smallest absolute Gasteiger partial charge is 0.369 e. The van der Waals surface area contributed by atoms with Crippen molar-refractivity contribution in [2.24, 2.45) is 5.41 Å². The van der Waals surface area contributed by atoms with Crippen molar-refractivity contribution in [3.05, 3.63) is 29.8 Å². The van der Waals surface area contributed by atoms with Gasteiger partial charge in [0.05, 0.1) is 17.6 Å². The van der Waals surface area contributed by atoms with Crippen LogP contribution < -0.4 is 4.90 Å². The average Bonchev–Trinajstić information content (AvgIpc) is 3.23. The van der Waals surface area contributed by atoms with Gasteiger partial charge in [-0.1, -0.05) is 18.9 Å². The summed E-state index contributed by atoms with van der Waals surface area (Å²) < 4.78 is 38.8. The number of likely N-dealkylation sites (tertiary alicyclic amines) is 1. The van der Waals surface area contributed by atoms with Crippen LogP contribution in [0.3, 0.4) is 0 Å². The number of halogens is 4. The van der Waals surface area contributed by atoms with Crippen molar-refractivity contribution in [3.63, 3.8) is 0 Å². The van der Waals surface area contributed by atoms with E-state index in [2.05, 4.69) is 0 Å². The molecule has 9 heteroatoms. The molecule has 0 atom stereocenters. The molecule has 4 rings (SSSR count). The molecule has 29 heavy (non-hydrogen) atoms. The number of alkyl halides is 3. The highest BCUT2D eigenvalue weighted by molar-refractivity contribution is 6.06. The first-order valence-corrected chi connectivity index (χ1v) is 9.78. The molecule has 2 aliphatic heterocycles. The third kappa shape index (κ3) is 4.23. The number of hydrogen-bond acceptors (Lipinski definition) is 4. The molecule has 160 valence electrons. The van der Waals surface area contributed by atoms with E-state index < -0.39 is 17.2 Å². The Morgan fingerprint density at radius 1 is 1.00 bits per heavy atom. The van der Waals surface area contributed by atoms with Crippen LogP contribution in [0.1, 0.15) is 37.7 Å². The summed E-state index contributed by atoms with van der Waals surface area (Å²) in [5.74, 6) is -0.123. The fraction of sp³-hybridized carbons (Fsp3) is 0.600. The minimum Gasteiger partial charge on any atom is -0.369 e. The summed E-state index contributed by atoms with van der Waals surface area (Å²) in [5, 5.41) is 0. The van der Waals surface area contributed by atoms with Crippen LogP contribution in [0.4, 0.5) is 18.9 Å². The molecule has 0 bridgehead atoms. The molecule has 1 aromatic carbocycles. The van der Waals surface area contributed by atoms with Gasteiger partial charge in [-0.15, -0.1) is 12.4 Å². The van der Waals surface area contributed by atoms with Crippen LogP contribution in [0.15, 0.2) is 24.3 Å². The maximum Gasteiger partial charge on any atom is 0.416 e. The molecule has 2 amide bonds. The topological polar surface area (TPSA) is 43.9 Å². The molecular formula is C20H25ClF3N3O2. The van der Waals surface area contributed by atoms with Gasteiger partial charge in [-0.2, -0.15) is 13.2 Å². The summed E-state index contributed by atoms with van der Waals surface area (Å²) in [6.07, 6.45) is -0.416. The molecular weight excluding hydrogens is 407 g/mol. The zero-order valence-electron chi connectivity index (χ0n) is 16.1. The lowest BCUT2D eigenvalue weighted by Gasteiger charge is -2.37. The summed E-state index contributed by atoms with van der Waals surface area (Å²) in [5.41, 5.74) is -0.563. The Morgan fingerprint density at radius 3 is 2.28 bits per heavy atom. The van der Waals surface area contributed by atoms with Gasteiger partial charge in [0, 0.05) is 38.3 Å². The summed E-state index contributed by atoms with van der Waals surface area (Å²) in [4.78, 5) is 30.5. The van der Waals surface area contributed by atoms with Gasteiger partial charge in [0.25, 0.3) is 0 Å². The summed E-state index contributed by atoms with van der Waals surface area (Å²) in [7, 11) is 0. The minimum absolute atomic E-state index is 0. The molecule has 2 saturated heterocycles. The van der Waals surface area contributed by atoms with Crippen molar-refractivity contribution in [2.45, 2.75) is 38.3 Å². The number of amides is 2. The Labute approximate surface area is 174 Å². The SMILES string of the molecule is Cl.O=C1CC2(CCCC2)C(=O)N1CN1CCN(c2cccc(C(F)(F)F)c2)CC1. The second-order valence-corrected chi connectivity index (χ2v) is 8.09. The largest absolute Gasteiger partial charge is 0.416 e. The van der Waals surface area contributed by atoms with Crippen LogP contribution in [0.25, 0.3) is 0 Å². The number of rotatable bonds is 3. The van der Waals surface area contributed by atoms with E-state index in [0.29, 0.717) is 38.3 Å². The lowest BCUT2D eigenvalue weighted by molar-refractivity contribution is -0.144. The van der Waals surface area contributed by atoms with Gasteiger partial charge in [0.2, 0.25) is 11.8 Å². The number of piperazine rings is 1. The van der Waals surface area contributed by atoms with Gasteiger partial charge in [-0.3, -0.25) is 19.4 Å². The second kappa shape index (κ2) is 8.14. The van der Waals surface area contributed by atoms with E-state index in [9.17, 15) is 22.8 Å². The number of anilines is 1. The third-order valence-corrected chi connectivity index (χ3v) is 6.30. The van der Waals surface area contributed by atoms with Gasteiger partial charge < -0.3 is 4.90 Å². The highest BCUT2D eigenvalue weighted by atomic mass is 35.5. The van der Waals surface area contributed by atoms with Crippen molar-refractivity contribution in [3.8, 4) is 0 Å². The summed E-state index contributed by atoms with van der Waals surface area (Å²) in [6, 6.07) is 5.35. The number of hydrogen-bond donors (Lipinski definition) is 0. The zero-order valence-corrected chi connectivity index (χ0v) is 16.9. The molecule has 0 aromatic heterocycles. The number of benzene rings is 1. The Bertz CT molecular complexity index is 772. The molecule has 0 unspecified atom stereocenters. The number of carbonyl (C=O) groups excluding carboxylic acids is 2. The lowest BCUT2D eigenvalue weighted by Crippen LogP contribution is -2.51. The number of carbonyl (C=O) groups is 2. The van der Waals surface area contributed by atoms with E-state index in [-0.39, 0.29) is 30.9 Å². The van der Waals surface area contributed by atoms with Crippen molar-refractivity contribution in [1.29, 1.82) is 0 Å². The van der Waals surface area contributed by atoms with E-state index >= 15 is 0 Å². The lowest BCUT2D eigenvalue weighted by atomic mass is 9.85. The van der Waals surface area contributed by atoms with E-state index in [1.165, 1.54) is 17.0 Å². The number of imide groups is 1. The first-order valence-electron chi connectivity index (χ1n) is 9.78. The third-order valence-electron chi connectivity index (χ3n) is 6.30. The highest BCUT2D eigenvalue weighted by Gasteiger charge is 2.52. The second-order valence-electron chi connectivity index (χ2n) is 8.09. The molecule has 5 nitrogen and oxygen atoms in total. The zero-order chi connectivity index (χ0) is 19.9. The van der Waals surface area contributed by atoms with Crippen molar-refractivity contribution in [1.82, 2.24) is 9.80 Å². The molecule has 0 N–H and O–H groups in total. The molecule has 1 aromatic rings. The molecule has 3 aliphatic rings. The maximum atomic E-state index is 12.9. The van der Waals surface area contributed by atoms with Crippen LogP contribution >= 0.6 is 12.4 Å². The van der Waals surface area contributed by atoms with Gasteiger partial charge in [0.1, 0.15) is 0 Å². The van der Waals surface area contributed by atoms with E-state index in [4.69, 9.17) is 0 Å². The molecule has 1 spiro atoms. The molecule has 0 radical (unpaired) electrons. The van der Waals surface area contributed by atoms with Gasteiger partial charge in [-0.05, 0) is 31.0 Å². The van der Waals surface area contributed by atoms with Crippen LogP contribution in [0.5, 0.6) is 0 Å². The van der Waals surface area contributed by atoms with Crippen LogP contribution in [0, 0.1) is 5.41 Å². The molecule has 3 fully saturated rings. The monoisotopic (exact) mass is 431 g/mol. The molecule has 1 saturated carbocycles. The van der Waals surface area contributed by atoms with Gasteiger partial charge in [-0.25, -0.2) is 0 Å². The van der Waals surface area contributed by atoms with Crippen molar-refractivity contribution in [2.75, 3.05) is 37.7 Å². The summed E-state index contributed by atoms with van der Waals surface area (Å²) >= 11 is 0. The summed E-state index contributed by atoms with van der Waals surface area (Å²) in [6.45, 7) is 2.60. The van der Waals surface area contributed by atoms with E-state index in [1.54, 1.807) is 6.07 Å². The maximum absolute atomic E-state index is 12.9. The van der Waals surface area contributed by atoms with Gasteiger partial charge >= 0.3 is 6.18 Å². The predicted octanol–water partition coefficient (Wildman–Crippen LogP) is 3.53. The predicted molar refractivity (Wildman–Crippen MR) is 105 cm³/mol. The van der Waals surface area contributed by atoms with Crippen LogP contribution in [-0.2, 0) is 15.8 Å². The van der Waals surface area contributed by atoms with E-state index in [1.807, 2.05) is 9.80 Å². The van der Waals surface area contributed by atoms with Crippen molar-refractivity contribution >= 4 is 29.9 Å². The minimum atomic E-state index is -4.36.